The minimum atomic E-state index is -0.0191. The Morgan fingerprint density at radius 2 is 2.11 bits per heavy atom. The second-order valence-corrected chi connectivity index (χ2v) is 4.07. The van der Waals surface area contributed by atoms with Gasteiger partial charge in [-0.1, -0.05) is 12.1 Å². The number of hydrogen-bond acceptors (Lipinski definition) is 3. The maximum absolute atomic E-state index is 11.7. The molecule has 0 saturated carbocycles. The fourth-order valence-corrected chi connectivity index (χ4v) is 1.92. The number of hydrogen-bond donors (Lipinski definition) is 2. The van der Waals surface area contributed by atoms with Gasteiger partial charge in [-0.3, -0.25) is 10.1 Å². The fourth-order valence-electron chi connectivity index (χ4n) is 1.92. The molecule has 104 valence electrons. The molecule has 0 saturated heterocycles. The molecule has 1 heterocycles. The third-order valence-corrected chi connectivity index (χ3v) is 2.82. The van der Waals surface area contributed by atoms with Crippen molar-refractivity contribution in [2.45, 2.75) is 19.9 Å². The number of halogens is 1. The zero-order valence-corrected chi connectivity index (χ0v) is 12.0. The van der Waals surface area contributed by atoms with E-state index in [0.29, 0.717) is 18.9 Å². The highest BCUT2D eigenvalue weighted by Gasteiger charge is 2.11. The van der Waals surface area contributed by atoms with E-state index in [1.807, 2.05) is 42.8 Å². The summed E-state index contributed by atoms with van der Waals surface area (Å²) in [7, 11) is 1.83. The molecule has 0 atom stereocenters. The van der Waals surface area contributed by atoms with Crippen LogP contribution in [0.4, 0.5) is 5.95 Å². The van der Waals surface area contributed by atoms with Gasteiger partial charge in [0.25, 0.3) is 0 Å². The summed E-state index contributed by atoms with van der Waals surface area (Å²) in [6.07, 6.45) is 0.448. The first-order valence-electron chi connectivity index (χ1n) is 6.16. The van der Waals surface area contributed by atoms with Crippen molar-refractivity contribution in [3.05, 3.63) is 24.3 Å². The number of para-hydroxylation sites is 2. The number of aryl methyl sites for hydroxylation is 1. The first-order chi connectivity index (χ1) is 8.76. The lowest BCUT2D eigenvalue weighted by molar-refractivity contribution is -0.116. The number of anilines is 1. The monoisotopic (exact) mass is 282 g/mol. The highest BCUT2D eigenvalue weighted by Crippen LogP contribution is 2.19. The largest absolute Gasteiger partial charge is 0.319 e. The Morgan fingerprint density at radius 1 is 1.37 bits per heavy atom. The van der Waals surface area contributed by atoms with Crippen LogP contribution in [0.5, 0.6) is 0 Å². The van der Waals surface area contributed by atoms with Crippen molar-refractivity contribution in [1.82, 2.24) is 14.9 Å². The van der Waals surface area contributed by atoms with Gasteiger partial charge in [0, 0.05) is 19.5 Å². The Kier molecular flexibility index (Phi) is 5.79. The minimum Gasteiger partial charge on any atom is -0.319 e. The molecule has 6 heteroatoms. The number of imidazole rings is 1. The third kappa shape index (κ3) is 3.45. The summed E-state index contributed by atoms with van der Waals surface area (Å²) in [5, 5.41) is 5.81. The molecule has 1 aromatic heterocycles. The van der Waals surface area contributed by atoms with Crippen molar-refractivity contribution in [3.8, 4) is 0 Å². The van der Waals surface area contributed by atoms with Crippen LogP contribution in [0.15, 0.2) is 24.3 Å². The van der Waals surface area contributed by atoms with Gasteiger partial charge in [0.2, 0.25) is 11.9 Å². The van der Waals surface area contributed by atoms with E-state index in [4.69, 9.17) is 0 Å². The summed E-state index contributed by atoms with van der Waals surface area (Å²) in [5.74, 6) is 0.606. The van der Waals surface area contributed by atoms with Crippen molar-refractivity contribution in [1.29, 1.82) is 0 Å². The first kappa shape index (κ1) is 15.5. The van der Waals surface area contributed by atoms with Gasteiger partial charge in [-0.2, -0.15) is 0 Å². The number of fused-ring (bicyclic) bond motifs is 1. The number of rotatable bonds is 5. The van der Waals surface area contributed by atoms with Crippen molar-refractivity contribution < 1.29 is 4.79 Å². The average Bonchev–Trinajstić information content (AvgIpc) is 2.73. The molecule has 1 amide bonds. The molecule has 2 rings (SSSR count). The molecular weight excluding hydrogens is 264 g/mol. The summed E-state index contributed by atoms with van der Waals surface area (Å²) >= 11 is 0. The number of carbonyl (C=O) groups excluding carboxylic acids is 1. The second-order valence-electron chi connectivity index (χ2n) is 4.07. The highest BCUT2D eigenvalue weighted by atomic mass is 35.5. The van der Waals surface area contributed by atoms with E-state index in [2.05, 4.69) is 15.6 Å². The van der Waals surface area contributed by atoms with Crippen LogP contribution in [0.2, 0.25) is 0 Å². The lowest BCUT2D eigenvalue weighted by Gasteiger charge is -2.07. The quantitative estimate of drug-likeness (QED) is 0.882. The molecule has 0 fully saturated rings. The number of carbonyl (C=O) groups is 1. The van der Waals surface area contributed by atoms with Crippen LogP contribution in [0, 0.1) is 0 Å². The van der Waals surface area contributed by atoms with Gasteiger partial charge in [-0.15, -0.1) is 12.4 Å². The van der Waals surface area contributed by atoms with Crippen LogP contribution < -0.4 is 10.6 Å². The Balaban J connectivity index is 0.00000180. The van der Waals surface area contributed by atoms with Crippen molar-refractivity contribution in [2.75, 3.05) is 18.9 Å². The second kappa shape index (κ2) is 7.11. The molecule has 0 unspecified atom stereocenters. The van der Waals surface area contributed by atoms with E-state index in [9.17, 15) is 4.79 Å². The van der Waals surface area contributed by atoms with Gasteiger partial charge in [0.15, 0.2) is 0 Å². The topological polar surface area (TPSA) is 59.0 Å². The van der Waals surface area contributed by atoms with Gasteiger partial charge in [0.05, 0.1) is 11.0 Å². The molecule has 19 heavy (non-hydrogen) atoms. The third-order valence-electron chi connectivity index (χ3n) is 2.82. The van der Waals surface area contributed by atoms with Crippen LogP contribution >= 0.6 is 12.4 Å². The van der Waals surface area contributed by atoms with Gasteiger partial charge < -0.3 is 9.88 Å². The Hall–Kier alpha value is -1.59. The Morgan fingerprint density at radius 3 is 2.79 bits per heavy atom. The number of amides is 1. The minimum absolute atomic E-state index is 0. The summed E-state index contributed by atoms with van der Waals surface area (Å²) in [4.78, 5) is 16.2. The van der Waals surface area contributed by atoms with E-state index >= 15 is 0 Å². The SMILES string of the molecule is CCn1c(NC(=O)CCNC)nc2ccccc21.Cl. The van der Waals surface area contributed by atoms with Gasteiger partial charge in [-0.05, 0) is 26.1 Å². The van der Waals surface area contributed by atoms with Crippen molar-refractivity contribution >= 4 is 35.3 Å². The van der Waals surface area contributed by atoms with E-state index in [0.717, 1.165) is 17.6 Å². The maximum Gasteiger partial charge on any atom is 0.227 e. The molecule has 0 spiro atoms. The van der Waals surface area contributed by atoms with Crippen LogP contribution in [-0.2, 0) is 11.3 Å². The van der Waals surface area contributed by atoms with E-state index < -0.39 is 0 Å². The normalized spacial score (nSPS) is 10.2. The molecule has 0 radical (unpaired) electrons. The van der Waals surface area contributed by atoms with Crippen LogP contribution in [0.3, 0.4) is 0 Å². The van der Waals surface area contributed by atoms with Gasteiger partial charge in [0.1, 0.15) is 0 Å². The molecule has 0 aliphatic heterocycles. The summed E-state index contributed by atoms with van der Waals surface area (Å²) in [6.45, 7) is 3.48. The van der Waals surface area contributed by atoms with Gasteiger partial charge in [-0.25, -0.2) is 4.98 Å². The molecular formula is C13H19ClN4O. The fraction of sp³-hybridized carbons (Fsp3) is 0.385. The predicted molar refractivity (Wildman–Crippen MR) is 79.8 cm³/mol. The first-order valence-corrected chi connectivity index (χ1v) is 6.16. The molecule has 5 nitrogen and oxygen atoms in total. The van der Waals surface area contributed by atoms with E-state index in [1.54, 1.807) is 0 Å². The summed E-state index contributed by atoms with van der Waals surface area (Å²) < 4.78 is 2.01. The molecule has 2 N–H and O–H groups in total. The number of nitrogens with zero attached hydrogens (tertiary/aromatic N) is 2. The maximum atomic E-state index is 11.7. The number of benzene rings is 1. The summed E-state index contributed by atoms with van der Waals surface area (Å²) in [6, 6.07) is 7.88. The number of nitrogens with one attached hydrogen (secondary N) is 2. The molecule has 2 aromatic rings. The highest BCUT2D eigenvalue weighted by molar-refractivity contribution is 5.91. The molecule has 0 bridgehead atoms. The molecule has 0 aliphatic carbocycles. The lowest BCUT2D eigenvalue weighted by atomic mass is 10.3. The predicted octanol–water partition coefficient (Wildman–Crippen LogP) is 2.03. The molecule has 0 aliphatic rings. The zero-order valence-electron chi connectivity index (χ0n) is 11.1. The van der Waals surface area contributed by atoms with E-state index in [-0.39, 0.29) is 18.3 Å². The zero-order chi connectivity index (χ0) is 13.0. The van der Waals surface area contributed by atoms with Crippen LogP contribution in [-0.4, -0.2) is 29.1 Å². The summed E-state index contributed by atoms with van der Waals surface area (Å²) in [5.41, 5.74) is 1.95. The average molecular weight is 283 g/mol. The van der Waals surface area contributed by atoms with Gasteiger partial charge >= 0.3 is 0 Å². The van der Waals surface area contributed by atoms with Crippen LogP contribution in [0.1, 0.15) is 13.3 Å². The Bertz CT molecular complexity index is 553. The smallest absolute Gasteiger partial charge is 0.227 e. The molecule has 1 aromatic carbocycles. The van der Waals surface area contributed by atoms with Crippen molar-refractivity contribution in [3.63, 3.8) is 0 Å². The van der Waals surface area contributed by atoms with Crippen molar-refractivity contribution in [2.24, 2.45) is 0 Å². The number of aromatic nitrogens is 2. The lowest BCUT2D eigenvalue weighted by Crippen LogP contribution is -2.20. The van der Waals surface area contributed by atoms with E-state index in [1.165, 1.54) is 0 Å². The Labute approximate surface area is 118 Å². The van der Waals surface area contributed by atoms with Crippen LogP contribution in [0.25, 0.3) is 11.0 Å². The standard InChI is InChI=1S/C13H18N4O.ClH/c1-3-17-11-7-5-4-6-10(11)15-13(17)16-12(18)8-9-14-2;/h4-7,14H,3,8-9H2,1-2H3,(H,15,16,18);1H.